The molecule has 0 spiro atoms. The van der Waals surface area contributed by atoms with Crippen LogP contribution in [0.3, 0.4) is 0 Å². The quantitative estimate of drug-likeness (QED) is 0.150. The van der Waals surface area contributed by atoms with Gasteiger partial charge in [0.15, 0.2) is 5.69 Å². The van der Waals surface area contributed by atoms with Gasteiger partial charge in [-0.25, -0.2) is 4.85 Å². The summed E-state index contributed by atoms with van der Waals surface area (Å²) in [6.45, 7) is 7.83. The zero-order chi connectivity index (χ0) is 44.1. The molecule has 0 saturated heterocycles. The topological polar surface area (TPSA) is 63.8 Å². The Labute approximate surface area is 381 Å². The third kappa shape index (κ3) is 6.25. The van der Waals surface area contributed by atoms with Crippen LogP contribution in [0.1, 0.15) is 5.56 Å². The number of rotatable bonds is 7. The van der Waals surface area contributed by atoms with E-state index in [0.29, 0.717) is 11.3 Å². The van der Waals surface area contributed by atoms with E-state index < -0.39 is 0 Å². The van der Waals surface area contributed by atoms with Crippen LogP contribution in [0, 0.1) is 17.9 Å². The van der Waals surface area contributed by atoms with Gasteiger partial charge in [0.05, 0.1) is 63.0 Å². The summed E-state index contributed by atoms with van der Waals surface area (Å²) in [6.07, 6.45) is 3.70. The first kappa shape index (κ1) is 38.3. The third-order valence-corrected chi connectivity index (χ3v) is 12.7. The highest BCUT2D eigenvalue weighted by Crippen LogP contribution is 2.44. The number of hydrogen-bond donors (Lipinski definition) is 0. The van der Waals surface area contributed by atoms with Gasteiger partial charge in [-0.15, -0.1) is 0 Å². The average molecular weight is 841 g/mol. The summed E-state index contributed by atoms with van der Waals surface area (Å²) in [4.78, 5) is 13.5. The number of hydrogen-bond acceptors (Lipinski definition) is 3. The molecule has 6 heteroatoms. The predicted molar refractivity (Wildman–Crippen MR) is 269 cm³/mol. The Morgan fingerprint density at radius 3 is 1.39 bits per heavy atom. The number of nitriles is 1. The minimum Gasteiger partial charge on any atom is -0.307 e. The van der Waals surface area contributed by atoms with E-state index >= 15 is 0 Å². The first-order valence-corrected chi connectivity index (χ1v) is 21.8. The van der Waals surface area contributed by atoms with E-state index in [1.165, 1.54) is 0 Å². The molecule has 4 heterocycles. The molecule has 8 aromatic carbocycles. The lowest BCUT2D eigenvalue weighted by Gasteiger charge is -2.20. The predicted octanol–water partition coefficient (Wildman–Crippen LogP) is 15.4. The van der Waals surface area contributed by atoms with Crippen LogP contribution in [0.5, 0.6) is 0 Å². The van der Waals surface area contributed by atoms with Crippen molar-refractivity contribution in [3.63, 3.8) is 0 Å². The Kier molecular flexibility index (Phi) is 9.16. The van der Waals surface area contributed by atoms with E-state index in [-0.39, 0.29) is 0 Å². The van der Waals surface area contributed by atoms with Gasteiger partial charge in [-0.1, -0.05) is 140 Å². The number of benzene rings is 8. The lowest BCUT2D eigenvalue weighted by Crippen LogP contribution is -2.05. The Bertz CT molecular complexity index is 3960. The van der Waals surface area contributed by atoms with E-state index in [2.05, 4.69) is 147 Å². The van der Waals surface area contributed by atoms with Crippen molar-refractivity contribution in [1.82, 2.24) is 19.1 Å². The van der Waals surface area contributed by atoms with Crippen molar-refractivity contribution in [2.45, 2.75) is 0 Å². The molecule has 0 amide bonds. The molecule has 66 heavy (non-hydrogen) atoms. The molecule has 0 radical (unpaired) electrons. The molecule has 12 rings (SSSR count). The van der Waals surface area contributed by atoms with Crippen LogP contribution in [0.2, 0.25) is 0 Å². The number of pyridine rings is 2. The highest BCUT2D eigenvalue weighted by atomic mass is 15.1. The van der Waals surface area contributed by atoms with E-state index in [9.17, 15) is 5.26 Å². The maximum atomic E-state index is 11.0. The smallest absolute Gasteiger partial charge is 0.187 e. The summed E-state index contributed by atoms with van der Waals surface area (Å²) >= 11 is 0. The molecule has 0 aliphatic rings. The summed E-state index contributed by atoms with van der Waals surface area (Å²) in [5.41, 5.74) is 16.6. The van der Waals surface area contributed by atoms with E-state index in [1.54, 1.807) is 6.07 Å². The highest BCUT2D eigenvalue weighted by molar-refractivity contribution is 6.13. The second-order valence-corrected chi connectivity index (χ2v) is 16.4. The maximum absolute atomic E-state index is 11.0. The Morgan fingerprint density at radius 1 is 0.394 bits per heavy atom. The highest BCUT2D eigenvalue weighted by Gasteiger charge is 2.24. The number of aromatic nitrogens is 4. The molecule has 0 aliphatic heterocycles. The molecule has 306 valence electrons. The number of nitrogens with zero attached hydrogens (tertiary/aromatic N) is 6. The fourth-order valence-electron chi connectivity index (χ4n) is 9.74. The van der Waals surface area contributed by atoms with E-state index in [4.69, 9.17) is 16.5 Å². The van der Waals surface area contributed by atoms with Gasteiger partial charge < -0.3 is 9.13 Å². The van der Waals surface area contributed by atoms with Gasteiger partial charge in [-0.05, 0) is 83.4 Å². The van der Waals surface area contributed by atoms with Crippen LogP contribution in [-0.4, -0.2) is 19.1 Å². The van der Waals surface area contributed by atoms with Crippen molar-refractivity contribution in [1.29, 1.82) is 5.26 Å². The van der Waals surface area contributed by atoms with Crippen LogP contribution < -0.4 is 0 Å². The van der Waals surface area contributed by atoms with Crippen molar-refractivity contribution >= 4 is 49.3 Å². The van der Waals surface area contributed by atoms with Gasteiger partial charge in [0.2, 0.25) is 0 Å². The van der Waals surface area contributed by atoms with Crippen molar-refractivity contribution < 1.29 is 0 Å². The zero-order valence-electron chi connectivity index (χ0n) is 35.5. The molecule has 0 atom stereocenters. The molecule has 0 aliphatic carbocycles. The normalized spacial score (nSPS) is 11.3. The first-order valence-electron chi connectivity index (χ1n) is 21.8. The van der Waals surface area contributed by atoms with Gasteiger partial charge in [-0.3, -0.25) is 9.97 Å². The maximum Gasteiger partial charge on any atom is 0.187 e. The molecule has 6 nitrogen and oxygen atoms in total. The van der Waals surface area contributed by atoms with Gasteiger partial charge in [0.1, 0.15) is 0 Å². The molecule has 4 aromatic heterocycles. The molecular weight excluding hydrogens is 805 g/mol. The fraction of sp³-hybridized carbons (Fsp3) is 0. The summed E-state index contributed by atoms with van der Waals surface area (Å²) in [6, 6.07) is 73.5. The van der Waals surface area contributed by atoms with Crippen LogP contribution >= 0.6 is 0 Å². The van der Waals surface area contributed by atoms with Crippen molar-refractivity contribution in [3.8, 4) is 73.3 Å². The lowest BCUT2D eigenvalue weighted by atomic mass is 9.97. The largest absolute Gasteiger partial charge is 0.307 e. The minimum atomic E-state index is 0.509. The van der Waals surface area contributed by atoms with E-state index in [0.717, 1.165) is 111 Å². The molecule has 0 N–H and O–H groups in total. The van der Waals surface area contributed by atoms with Crippen molar-refractivity contribution in [2.75, 3.05) is 0 Å². The second-order valence-electron chi connectivity index (χ2n) is 16.4. The third-order valence-electron chi connectivity index (χ3n) is 12.7. The summed E-state index contributed by atoms with van der Waals surface area (Å²) in [5, 5.41) is 15.4. The Balaban J connectivity index is 1.14. The first-order chi connectivity index (χ1) is 32.7. The van der Waals surface area contributed by atoms with Crippen molar-refractivity contribution in [2.24, 2.45) is 0 Å². The Hall–Kier alpha value is -9.36. The monoisotopic (exact) mass is 840 g/mol. The molecule has 0 saturated carbocycles. The van der Waals surface area contributed by atoms with Crippen LogP contribution in [0.15, 0.2) is 219 Å². The zero-order valence-corrected chi connectivity index (χ0v) is 35.5. The minimum absolute atomic E-state index is 0.509. The van der Waals surface area contributed by atoms with Gasteiger partial charge in [0, 0.05) is 61.8 Å². The van der Waals surface area contributed by atoms with E-state index in [1.807, 2.05) is 85.2 Å². The standard InChI is InChI=1S/C60H36N6/c1-62-45-20-12-19-41(33-45)50-37-58(66-54-26-11-9-22-49(54)52-35-43(28-30-56(52)66)47-24-14-32-64-60(47)40-17-6-3-7-18-40)57(36-44(50)38-61)65-53-25-10-8-21-48(53)51-34-42(27-29-55(51)65)46-23-13-31-63-59(46)39-15-4-2-5-16-39/h2-37H. The van der Waals surface area contributed by atoms with Gasteiger partial charge in [-0.2, -0.15) is 5.26 Å². The van der Waals surface area contributed by atoms with Gasteiger partial charge >= 0.3 is 0 Å². The van der Waals surface area contributed by atoms with Gasteiger partial charge in [0.25, 0.3) is 0 Å². The Morgan fingerprint density at radius 2 is 0.864 bits per heavy atom. The lowest BCUT2D eigenvalue weighted by molar-refractivity contribution is 1.09. The van der Waals surface area contributed by atoms with Crippen molar-refractivity contribution in [3.05, 3.63) is 236 Å². The fourth-order valence-corrected chi connectivity index (χ4v) is 9.74. The molecule has 0 fully saturated rings. The molecule has 0 bridgehead atoms. The van der Waals surface area contributed by atoms with Crippen LogP contribution in [0.25, 0.3) is 116 Å². The molecular formula is C60H36N6. The summed E-state index contributed by atoms with van der Waals surface area (Å²) in [7, 11) is 0. The second kappa shape index (κ2) is 15.8. The SMILES string of the molecule is [C-]#[N+]c1cccc(-c2cc(-n3c4ccccc4c4cc(-c5cccnc5-c5ccccc5)ccc43)c(-n3c4ccccc4c4cc(-c5cccnc5-c5ccccc5)ccc43)cc2C#N)c1. The van der Waals surface area contributed by atoms with Crippen LogP contribution in [0.4, 0.5) is 5.69 Å². The van der Waals surface area contributed by atoms with Crippen LogP contribution in [-0.2, 0) is 0 Å². The number of para-hydroxylation sites is 2. The molecule has 0 unspecified atom stereocenters. The number of fused-ring (bicyclic) bond motifs is 6. The summed E-state index contributed by atoms with van der Waals surface area (Å²) in [5.74, 6) is 0. The average Bonchev–Trinajstić information content (AvgIpc) is 3.90. The molecule has 12 aromatic rings. The summed E-state index contributed by atoms with van der Waals surface area (Å²) < 4.78 is 4.65.